The topological polar surface area (TPSA) is 88.7 Å². The number of hydrogen-bond donors (Lipinski definition) is 1. The first-order valence-corrected chi connectivity index (χ1v) is 8.21. The third kappa shape index (κ3) is 3.96. The van der Waals surface area contributed by atoms with Gasteiger partial charge >= 0.3 is 0 Å². The van der Waals surface area contributed by atoms with Gasteiger partial charge in [0.05, 0.1) is 19.2 Å². The number of carbonyl (C=O) groups excluding carboxylic acids is 1. The van der Waals surface area contributed by atoms with Crippen molar-refractivity contribution < 1.29 is 23.6 Å². The third-order valence-electron chi connectivity index (χ3n) is 4.12. The van der Waals surface area contributed by atoms with Crippen LogP contribution < -0.4 is 4.74 Å². The second-order valence-corrected chi connectivity index (χ2v) is 5.90. The molecule has 134 valence electrons. The summed E-state index contributed by atoms with van der Waals surface area (Å²) in [7, 11) is 0. The maximum atomic E-state index is 13.5. The van der Waals surface area contributed by atoms with Gasteiger partial charge in [-0.3, -0.25) is 4.79 Å². The maximum Gasteiger partial charge on any atom is 0.254 e. The predicted octanol–water partition coefficient (Wildman–Crippen LogP) is 1.76. The molecule has 7 nitrogen and oxygen atoms in total. The van der Waals surface area contributed by atoms with Crippen LogP contribution in [0.2, 0.25) is 0 Å². The summed E-state index contributed by atoms with van der Waals surface area (Å²) < 4.78 is 24.1. The van der Waals surface area contributed by atoms with Crippen LogP contribution in [0.15, 0.2) is 28.8 Å². The van der Waals surface area contributed by atoms with Crippen LogP contribution in [0.25, 0.3) is 0 Å². The molecular formula is C17H20FN3O4. The molecule has 3 rings (SSSR count). The molecule has 2 aromatic rings. The minimum absolute atomic E-state index is 0.0138. The molecule has 0 spiro atoms. The number of aliphatic hydroxyl groups is 1. The summed E-state index contributed by atoms with van der Waals surface area (Å²) in [4.78, 5) is 18.0. The van der Waals surface area contributed by atoms with Crippen LogP contribution in [0, 0.1) is 0 Å². The lowest BCUT2D eigenvalue weighted by atomic mass is 10.1. The van der Waals surface area contributed by atoms with Gasteiger partial charge in [0.2, 0.25) is 11.7 Å². The Bertz CT molecular complexity index is 719. The van der Waals surface area contributed by atoms with Gasteiger partial charge in [-0.2, -0.15) is 4.98 Å². The lowest BCUT2D eigenvalue weighted by molar-refractivity contribution is 0.0673. The van der Waals surface area contributed by atoms with Crippen LogP contribution in [0.3, 0.4) is 0 Å². The standard InChI is InChI=1S/C17H20FN3O4/c1-2-16-19-15(20-25-16)10-24-14-5-3-11(4-6-14)17(23)21-8-12(18)7-13(21)9-22/h3-6,12-13,22H,2,7-10H2,1H3/t12-,13-/m0/s1. The average molecular weight is 349 g/mol. The number of ether oxygens (including phenoxy) is 1. The summed E-state index contributed by atoms with van der Waals surface area (Å²) >= 11 is 0. The molecule has 1 aromatic heterocycles. The minimum atomic E-state index is -1.09. The van der Waals surface area contributed by atoms with Crippen molar-refractivity contribution in [3.63, 3.8) is 0 Å². The Morgan fingerprint density at radius 2 is 2.20 bits per heavy atom. The molecule has 1 fully saturated rings. The highest BCUT2D eigenvalue weighted by Crippen LogP contribution is 2.23. The fraction of sp³-hybridized carbons (Fsp3) is 0.471. The zero-order valence-corrected chi connectivity index (χ0v) is 13.9. The van der Waals surface area contributed by atoms with Crippen molar-refractivity contribution in [1.82, 2.24) is 15.0 Å². The maximum absolute atomic E-state index is 13.5. The van der Waals surface area contributed by atoms with E-state index >= 15 is 0 Å². The predicted molar refractivity (Wildman–Crippen MR) is 85.9 cm³/mol. The molecule has 1 N–H and O–H groups in total. The largest absolute Gasteiger partial charge is 0.485 e. The molecule has 0 saturated carbocycles. The second kappa shape index (κ2) is 7.60. The first kappa shape index (κ1) is 17.3. The summed E-state index contributed by atoms with van der Waals surface area (Å²) in [5.41, 5.74) is 0.424. The van der Waals surface area contributed by atoms with Gasteiger partial charge in [-0.15, -0.1) is 0 Å². The normalized spacial score (nSPS) is 20.0. The van der Waals surface area contributed by atoms with Gasteiger partial charge in [0.1, 0.15) is 11.9 Å². The van der Waals surface area contributed by atoms with Gasteiger partial charge < -0.3 is 19.3 Å². The van der Waals surface area contributed by atoms with Gasteiger partial charge in [0, 0.05) is 18.4 Å². The zero-order chi connectivity index (χ0) is 17.8. The molecule has 0 unspecified atom stereocenters. The van der Waals surface area contributed by atoms with Crippen LogP contribution in [-0.2, 0) is 13.0 Å². The van der Waals surface area contributed by atoms with E-state index < -0.39 is 12.2 Å². The van der Waals surface area contributed by atoms with E-state index in [4.69, 9.17) is 9.26 Å². The SMILES string of the molecule is CCc1nc(COc2ccc(C(=O)N3C[C@@H](F)C[C@H]3CO)cc2)no1. The molecule has 1 aliphatic heterocycles. The number of aryl methyl sites for hydroxylation is 1. The Kier molecular flexibility index (Phi) is 5.28. The molecule has 1 amide bonds. The van der Waals surface area contributed by atoms with E-state index in [1.807, 2.05) is 6.92 Å². The highest BCUT2D eigenvalue weighted by Gasteiger charge is 2.35. The number of likely N-dealkylation sites (tertiary alicyclic amines) is 1. The average Bonchev–Trinajstić information content (AvgIpc) is 3.25. The van der Waals surface area contributed by atoms with E-state index in [2.05, 4.69) is 10.1 Å². The van der Waals surface area contributed by atoms with Crippen LogP contribution in [0.4, 0.5) is 4.39 Å². The smallest absolute Gasteiger partial charge is 0.254 e. The molecule has 1 aliphatic rings. The van der Waals surface area contributed by atoms with E-state index in [1.165, 1.54) is 4.90 Å². The summed E-state index contributed by atoms with van der Waals surface area (Å²) in [5.74, 6) is 1.27. The zero-order valence-electron chi connectivity index (χ0n) is 13.9. The van der Waals surface area contributed by atoms with Crippen molar-refractivity contribution in [3.05, 3.63) is 41.5 Å². The highest BCUT2D eigenvalue weighted by molar-refractivity contribution is 5.94. The molecule has 0 bridgehead atoms. The van der Waals surface area contributed by atoms with Crippen LogP contribution >= 0.6 is 0 Å². The van der Waals surface area contributed by atoms with E-state index in [0.29, 0.717) is 29.4 Å². The summed E-state index contributed by atoms with van der Waals surface area (Å²) in [5, 5.41) is 13.1. The first-order chi connectivity index (χ1) is 12.1. The van der Waals surface area contributed by atoms with Gasteiger partial charge in [0.15, 0.2) is 6.61 Å². The van der Waals surface area contributed by atoms with E-state index in [0.717, 1.165) is 0 Å². The van der Waals surface area contributed by atoms with Crippen molar-refractivity contribution in [2.75, 3.05) is 13.2 Å². The molecule has 2 heterocycles. The number of benzene rings is 1. The monoisotopic (exact) mass is 349 g/mol. The number of amides is 1. The second-order valence-electron chi connectivity index (χ2n) is 5.90. The molecule has 0 aliphatic carbocycles. The Morgan fingerprint density at radius 3 is 2.84 bits per heavy atom. The van der Waals surface area contributed by atoms with Gasteiger partial charge in [0.25, 0.3) is 5.91 Å². The summed E-state index contributed by atoms with van der Waals surface area (Å²) in [6.07, 6.45) is -0.255. The minimum Gasteiger partial charge on any atom is -0.485 e. The Hall–Kier alpha value is -2.48. The van der Waals surface area contributed by atoms with Gasteiger partial charge in [-0.05, 0) is 24.3 Å². The number of carbonyl (C=O) groups is 1. The van der Waals surface area contributed by atoms with Crippen molar-refractivity contribution >= 4 is 5.91 Å². The number of rotatable bonds is 6. The molecule has 0 radical (unpaired) electrons. The van der Waals surface area contributed by atoms with Crippen LogP contribution in [-0.4, -0.2) is 51.4 Å². The first-order valence-electron chi connectivity index (χ1n) is 8.21. The third-order valence-corrected chi connectivity index (χ3v) is 4.12. The Labute approximate surface area is 144 Å². The number of alkyl halides is 1. The van der Waals surface area contributed by atoms with E-state index in [9.17, 15) is 14.3 Å². The molecule has 1 saturated heterocycles. The number of nitrogens with zero attached hydrogens (tertiary/aromatic N) is 3. The molecule has 25 heavy (non-hydrogen) atoms. The van der Waals surface area contributed by atoms with Crippen LogP contribution in [0.5, 0.6) is 5.75 Å². The Balaban J connectivity index is 1.60. The van der Waals surface area contributed by atoms with Crippen molar-refractivity contribution in [2.24, 2.45) is 0 Å². The lowest BCUT2D eigenvalue weighted by Crippen LogP contribution is -2.37. The Morgan fingerprint density at radius 1 is 1.44 bits per heavy atom. The van der Waals surface area contributed by atoms with Crippen molar-refractivity contribution in [1.29, 1.82) is 0 Å². The van der Waals surface area contributed by atoms with E-state index in [-0.39, 0.29) is 32.1 Å². The van der Waals surface area contributed by atoms with Crippen LogP contribution in [0.1, 0.15) is 35.4 Å². The summed E-state index contributed by atoms with van der Waals surface area (Å²) in [6.45, 7) is 1.86. The molecule has 1 aromatic carbocycles. The molecule has 2 atom stereocenters. The number of halogens is 1. The van der Waals surface area contributed by atoms with Crippen molar-refractivity contribution in [2.45, 2.75) is 38.6 Å². The lowest BCUT2D eigenvalue weighted by Gasteiger charge is -2.22. The van der Waals surface area contributed by atoms with Gasteiger partial charge in [-0.25, -0.2) is 4.39 Å². The number of aromatic nitrogens is 2. The number of aliphatic hydroxyl groups excluding tert-OH is 1. The number of hydrogen-bond acceptors (Lipinski definition) is 6. The van der Waals surface area contributed by atoms with Crippen molar-refractivity contribution in [3.8, 4) is 5.75 Å². The summed E-state index contributed by atoms with van der Waals surface area (Å²) in [6, 6.07) is 6.08. The quantitative estimate of drug-likeness (QED) is 0.855. The molecule has 8 heteroatoms. The molecular weight excluding hydrogens is 329 g/mol. The van der Waals surface area contributed by atoms with Gasteiger partial charge in [-0.1, -0.05) is 12.1 Å². The fourth-order valence-electron chi connectivity index (χ4n) is 2.78. The highest BCUT2D eigenvalue weighted by atomic mass is 19.1. The fourth-order valence-corrected chi connectivity index (χ4v) is 2.78. The van der Waals surface area contributed by atoms with E-state index in [1.54, 1.807) is 24.3 Å².